The van der Waals surface area contributed by atoms with Gasteiger partial charge < -0.3 is 16.5 Å². The predicted octanol–water partition coefficient (Wildman–Crippen LogP) is 3.94. The van der Waals surface area contributed by atoms with Crippen molar-refractivity contribution in [3.63, 3.8) is 0 Å². The number of hydrogen-bond donors (Lipinski definition) is 0. The highest BCUT2D eigenvalue weighted by atomic mass is 28.5. The summed E-state index contributed by atoms with van der Waals surface area (Å²) in [7, 11) is -8.32. The molecule has 3 rings (SSSR count). The molecule has 0 unspecified atom stereocenters. The van der Waals surface area contributed by atoms with Crippen LogP contribution in [-0.4, -0.2) is 34.2 Å². The molecule has 116 valence electrons. The molecule has 0 aromatic heterocycles. The van der Waals surface area contributed by atoms with Gasteiger partial charge in [-0.2, -0.15) is 0 Å². The minimum absolute atomic E-state index is 1.16. The highest BCUT2D eigenvalue weighted by Crippen LogP contribution is 2.45. The van der Waals surface area contributed by atoms with Crippen molar-refractivity contribution in [2.45, 2.75) is 76.0 Å². The molecule has 0 N–H and O–H groups in total. The van der Waals surface area contributed by atoms with Crippen LogP contribution in [0, 0.1) is 0 Å². The number of hydrogen-bond acceptors (Lipinski definition) is 4. The first-order chi connectivity index (χ1) is 9.24. The van der Waals surface area contributed by atoms with Gasteiger partial charge in [-0.3, -0.25) is 0 Å². The summed E-state index contributed by atoms with van der Waals surface area (Å²) in [6.07, 6.45) is 5.06. The molecule has 0 radical (unpaired) electrons. The van der Waals surface area contributed by atoms with Gasteiger partial charge in [0.15, 0.2) is 0 Å². The smallest absolute Gasteiger partial charge is 0.320 e. The van der Waals surface area contributed by atoms with Gasteiger partial charge in [0.2, 0.25) is 0 Å². The summed E-state index contributed by atoms with van der Waals surface area (Å²) in [5.74, 6) is 0. The molecular formula is C12H28O4Si4. The second kappa shape index (κ2) is 5.12. The molecule has 3 saturated heterocycles. The van der Waals surface area contributed by atoms with E-state index in [0.717, 1.165) is 24.2 Å². The van der Waals surface area contributed by atoms with Gasteiger partial charge in [-0.05, 0) is 50.4 Å². The third kappa shape index (κ3) is 3.22. The summed E-state index contributed by atoms with van der Waals surface area (Å²) in [6.45, 7) is 8.71. The van der Waals surface area contributed by atoms with E-state index in [4.69, 9.17) is 16.5 Å². The van der Waals surface area contributed by atoms with Crippen molar-refractivity contribution < 1.29 is 16.5 Å². The van der Waals surface area contributed by atoms with Crippen molar-refractivity contribution in [3.8, 4) is 0 Å². The molecule has 3 heterocycles. The molecule has 2 spiro atoms. The third-order valence-electron chi connectivity index (χ3n) is 4.46. The lowest BCUT2D eigenvalue weighted by atomic mass is 10.4. The van der Waals surface area contributed by atoms with Crippen LogP contribution >= 0.6 is 0 Å². The predicted molar refractivity (Wildman–Crippen MR) is 88.5 cm³/mol. The minimum atomic E-state index is -2.12. The quantitative estimate of drug-likeness (QED) is 0.621. The van der Waals surface area contributed by atoms with Gasteiger partial charge in [0.25, 0.3) is 0 Å². The maximum absolute atomic E-state index is 6.88. The molecule has 0 aromatic carbocycles. The second-order valence-electron chi connectivity index (χ2n) is 7.44. The average molecular weight is 349 g/mol. The minimum Gasteiger partial charge on any atom is -0.416 e. The zero-order valence-corrected chi connectivity index (χ0v) is 17.3. The summed E-state index contributed by atoms with van der Waals surface area (Å²) < 4.78 is 26.7. The van der Waals surface area contributed by atoms with Gasteiger partial charge in [-0.15, -0.1) is 0 Å². The topological polar surface area (TPSA) is 36.9 Å². The van der Waals surface area contributed by atoms with Crippen LogP contribution in [0.4, 0.5) is 0 Å². The molecule has 20 heavy (non-hydrogen) atoms. The Balaban J connectivity index is 1.91. The van der Waals surface area contributed by atoms with Gasteiger partial charge in [0, 0.05) is 0 Å². The molecular weight excluding hydrogens is 320 g/mol. The first kappa shape index (κ1) is 15.6. The van der Waals surface area contributed by atoms with Gasteiger partial charge in [0.1, 0.15) is 0 Å². The summed E-state index contributed by atoms with van der Waals surface area (Å²) >= 11 is 0. The van der Waals surface area contributed by atoms with Gasteiger partial charge in [0.05, 0.1) is 0 Å². The molecule has 3 aliphatic rings. The van der Waals surface area contributed by atoms with E-state index in [1.165, 1.54) is 25.7 Å². The lowest BCUT2D eigenvalue weighted by molar-refractivity contribution is 0.229. The van der Waals surface area contributed by atoms with Crippen LogP contribution in [-0.2, 0) is 16.5 Å². The van der Waals surface area contributed by atoms with E-state index >= 15 is 0 Å². The Bertz CT molecular complexity index is 342. The molecule has 0 saturated carbocycles. The largest absolute Gasteiger partial charge is 0.416 e. The molecule has 0 aliphatic carbocycles. The van der Waals surface area contributed by atoms with Crippen LogP contribution in [0.3, 0.4) is 0 Å². The van der Waals surface area contributed by atoms with Crippen molar-refractivity contribution >= 4 is 34.2 Å². The standard InChI is InChI=1S/C12H28O4Si4/c1-17(2)13-18(3,4)15-20(11-7-8-12-20)16-19(14-17)9-5-6-10-19/h5-12H2,1-4H3. The number of rotatable bonds is 0. The Morgan fingerprint density at radius 1 is 0.500 bits per heavy atom. The van der Waals surface area contributed by atoms with Crippen LogP contribution < -0.4 is 0 Å². The lowest BCUT2D eigenvalue weighted by Crippen LogP contribution is -2.66. The Morgan fingerprint density at radius 2 is 0.850 bits per heavy atom. The third-order valence-corrected chi connectivity index (χ3v) is 22.7. The second-order valence-corrected chi connectivity index (χ2v) is 22.0. The monoisotopic (exact) mass is 348 g/mol. The maximum Gasteiger partial charge on any atom is 0.320 e. The van der Waals surface area contributed by atoms with E-state index in [2.05, 4.69) is 26.2 Å². The van der Waals surface area contributed by atoms with E-state index in [0.29, 0.717) is 0 Å². The maximum atomic E-state index is 6.88. The van der Waals surface area contributed by atoms with Crippen molar-refractivity contribution in [2.24, 2.45) is 0 Å². The Labute approximate surface area is 127 Å². The van der Waals surface area contributed by atoms with E-state index in [9.17, 15) is 0 Å². The van der Waals surface area contributed by atoms with Crippen molar-refractivity contribution in [2.75, 3.05) is 0 Å². The van der Waals surface area contributed by atoms with Crippen molar-refractivity contribution in [3.05, 3.63) is 0 Å². The highest BCUT2D eigenvalue weighted by molar-refractivity contribution is 6.94. The van der Waals surface area contributed by atoms with Crippen LogP contribution in [0.2, 0.25) is 50.4 Å². The molecule has 0 aromatic rings. The summed E-state index contributed by atoms with van der Waals surface area (Å²) in [4.78, 5) is 0. The average Bonchev–Trinajstić information content (AvgIpc) is 2.84. The molecule has 4 nitrogen and oxygen atoms in total. The van der Waals surface area contributed by atoms with Gasteiger partial charge >= 0.3 is 34.2 Å². The van der Waals surface area contributed by atoms with Crippen LogP contribution in [0.25, 0.3) is 0 Å². The highest BCUT2D eigenvalue weighted by Gasteiger charge is 2.59. The van der Waals surface area contributed by atoms with E-state index < -0.39 is 34.2 Å². The fraction of sp³-hybridized carbons (Fsp3) is 1.00. The van der Waals surface area contributed by atoms with Crippen LogP contribution in [0.15, 0.2) is 0 Å². The molecule has 0 amide bonds. The molecule has 8 heteroatoms. The fourth-order valence-electron chi connectivity index (χ4n) is 4.15. The van der Waals surface area contributed by atoms with E-state index in [1.54, 1.807) is 0 Å². The zero-order chi connectivity index (χ0) is 14.5. The summed E-state index contributed by atoms with van der Waals surface area (Å²) in [5, 5.41) is 0. The fourth-order valence-corrected chi connectivity index (χ4v) is 27.8. The Kier molecular flexibility index (Phi) is 3.99. The first-order valence-corrected chi connectivity index (χ1v) is 18.1. The molecule has 3 fully saturated rings. The Hall–Kier alpha value is 0.708. The molecule has 0 bridgehead atoms. The molecule has 0 atom stereocenters. The van der Waals surface area contributed by atoms with Crippen molar-refractivity contribution in [1.82, 2.24) is 0 Å². The van der Waals surface area contributed by atoms with Crippen molar-refractivity contribution in [1.29, 1.82) is 0 Å². The normalized spacial score (nSPS) is 34.2. The van der Waals surface area contributed by atoms with Gasteiger partial charge in [-0.25, -0.2) is 0 Å². The van der Waals surface area contributed by atoms with E-state index in [-0.39, 0.29) is 0 Å². The first-order valence-electron chi connectivity index (χ1n) is 8.05. The summed E-state index contributed by atoms with van der Waals surface area (Å²) in [5.41, 5.74) is 0. The Morgan fingerprint density at radius 3 is 1.20 bits per heavy atom. The molecule has 3 aliphatic heterocycles. The van der Waals surface area contributed by atoms with Gasteiger partial charge in [-0.1, -0.05) is 25.7 Å². The van der Waals surface area contributed by atoms with E-state index in [1.807, 2.05) is 0 Å². The SMILES string of the molecule is C[Si]1(C)O[Si](C)(C)O[Si]2(CCCC2)O[Si]2(CCCC2)O1. The summed E-state index contributed by atoms with van der Waals surface area (Å²) in [6, 6.07) is 4.64. The zero-order valence-electron chi connectivity index (χ0n) is 13.3. The van der Waals surface area contributed by atoms with Crippen LogP contribution in [0.5, 0.6) is 0 Å². The lowest BCUT2D eigenvalue weighted by Gasteiger charge is -2.48. The van der Waals surface area contributed by atoms with Crippen LogP contribution in [0.1, 0.15) is 25.7 Å².